The zero-order chi connectivity index (χ0) is 16.9. The normalized spacial score (nSPS) is 11.9. The molecule has 10 heteroatoms. The van der Waals surface area contributed by atoms with Crippen LogP contribution in [0.5, 0.6) is 0 Å². The fourth-order valence-corrected chi connectivity index (χ4v) is 1.90. The predicted molar refractivity (Wildman–Crippen MR) is 70.3 cm³/mol. The van der Waals surface area contributed by atoms with Crippen molar-refractivity contribution < 1.29 is 34.6 Å². The van der Waals surface area contributed by atoms with Crippen LogP contribution in [0.25, 0.3) is 0 Å². The van der Waals surface area contributed by atoms with E-state index in [1.165, 1.54) is 12.1 Å². The highest BCUT2D eigenvalue weighted by Gasteiger charge is 2.31. The lowest BCUT2D eigenvalue weighted by Gasteiger charge is -2.25. The highest BCUT2D eigenvalue weighted by molar-refractivity contribution is 5.79. The molecule has 0 radical (unpaired) electrons. The molecule has 118 valence electrons. The van der Waals surface area contributed by atoms with E-state index in [0.29, 0.717) is 4.90 Å². The zero-order valence-corrected chi connectivity index (χ0v) is 11.1. The van der Waals surface area contributed by atoms with Crippen LogP contribution in [-0.2, 0) is 14.4 Å². The van der Waals surface area contributed by atoms with E-state index in [1.54, 1.807) is 0 Å². The fraction of sp³-hybridized carbons (Fsp3) is 0.250. The standard InChI is InChI=1S/C12H12N2O8/c15-9(16)5-13(6-10(17)18)11(12(19)20)7-2-1-3-8(4-7)14(21)22/h1-4,11H,5-6H2,(H,15,16)(H,17,18)(H,19,20)/t11-/m1/s1. The van der Waals surface area contributed by atoms with E-state index in [1.807, 2.05) is 0 Å². The number of carboxylic acids is 3. The minimum absolute atomic E-state index is 0.0794. The van der Waals surface area contributed by atoms with Crippen LogP contribution in [-0.4, -0.2) is 56.1 Å². The van der Waals surface area contributed by atoms with Crippen LogP contribution >= 0.6 is 0 Å². The van der Waals surface area contributed by atoms with E-state index < -0.39 is 42.0 Å². The highest BCUT2D eigenvalue weighted by Crippen LogP contribution is 2.24. The number of carboxylic acid groups (broad SMARTS) is 3. The summed E-state index contributed by atoms with van der Waals surface area (Å²) in [5.74, 6) is -4.35. The van der Waals surface area contributed by atoms with Gasteiger partial charge in [0.05, 0.1) is 18.0 Å². The van der Waals surface area contributed by atoms with Crippen LogP contribution in [0.15, 0.2) is 24.3 Å². The Morgan fingerprint density at radius 3 is 2.09 bits per heavy atom. The van der Waals surface area contributed by atoms with Gasteiger partial charge >= 0.3 is 17.9 Å². The number of hydrogen-bond acceptors (Lipinski definition) is 6. The molecule has 10 nitrogen and oxygen atoms in total. The molecule has 1 rings (SSSR count). The third kappa shape index (κ3) is 4.52. The molecule has 1 atom stereocenters. The molecule has 3 N–H and O–H groups in total. The first kappa shape index (κ1) is 17.0. The maximum atomic E-state index is 11.4. The average Bonchev–Trinajstić information content (AvgIpc) is 2.37. The number of carbonyl (C=O) groups is 3. The van der Waals surface area contributed by atoms with Crippen molar-refractivity contribution in [1.29, 1.82) is 0 Å². The van der Waals surface area contributed by atoms with Gasteiger partial charge in [-0.3, -0.25) is 29.4 Å². The Bertz CT molecular complexity index is 599. The van der Waals surface area contributed by atoms with E-state index in [2.05, 4.69) is 0 Å². The van der Waals surface area contributed by atoms with Gasteiger partial charge in [0.25, 0.3) is 5.69 Å². The third-order valence-electron chi connectivity index (χ3n) is 2.67. The van der Waals surface area contributed by atoms with Gasteiger partial charge in [0, 0.05) is 12.1 Å². The first-order valence-corrected chi connectivity index (χ1v) is 5.87. The number of nitro groups is 1. The van der Waals surface area contributed by atoms with Crippen LogP contribution in [0, 0.1) is 10.1 Å². The van der Waals surface area contributed by atoms with Crippen molar-refractivity contribution in [2.75, 3.05) is 13.1 Å². The predicted octanol–water partition coefficient (Wildman–Crippen LogP) is 0.192. The first-order chi connectivity index (χ1) is 10.2. The van der Waals surface area contributed by atoms with Gasteiger partial charge in [0.1, 0.15) is 6.04 Å². The van der Waals surface area contributed by atoms with Crippen LogP contribution in [0.2, 0.25) is 0 Å². The topological polar surface area (TPSA) is 158 Å². The molecular weight excluding hydrogens is 300 g/mol. The number of benzene rings is 1. The molecule has 0 bridgehead atoms. The lowest BCUT2D eigenvalue weighted by molar-refractivity contribution is -0.384. The highest BCUT2D eigenvalue weighted by atomic mass is 16.6. The van der Waals surface area contributed by atoms with Gasteiger partial charge in [-0.05, 0) is 5.56 Å². The van der Waals surface area contributed by atoms with E-state index >= 15 is 0 Å². The number of hydrogen-bond donors (Lipinski definition) is 3. The van der Waals surface area contributed by atoms with Gasteiger partial charge in [0.2, 0.25) is 0 Å². The second-order valence-electron chi connectivity index (χ2n) is 4.29. The average molecular weight is 312 g/mol. The molecule has 0 aliphatic heterocycles. The Kier molecular flexibility index (Phi) is 5.52. The molecule has 0 heterocycles. The van der Waals surface area contributed by atoms with Gasteiger partial charge in [0.15, 0.2) is 0 Å². The van der Waals surface area contributed by atoms with Crippen LogP contribution in [0.3, 0.4) is 0 Å². The third-order valence-corrected chi connectivity index (χ3v) is 2.67. The molecule has 0 aromatic heterocycles. The Hall–Kier alpha value is -3.01. The van der Waals surface area contributed by atoms with Crippen molar-refractivity contribution in [2.24, 2.45) is 0 Å². The molecule has 0 aliphatic carbocycles. The Balaban J connectivity index is 3.26. The molecule has 1 aromatic rings. The summed E-state index contributed by atoms with van der Waals surface area (Å²) >= 11 is 0. The molecular formula is C12H12N2O8. The number of non-ortho nitro benzene ring substituents is 1. The SMILES string of the molecule is O=C(O)CN(CC(=O)O)[C@@H](C(=O)O)c1cccc([N+](=O)[O-])c1. The van der Waals surface area contributed by atoms with Crippen molar-refractivity contribution in [3.63, 3.8) is 0 Å². The quantitative estimate of drug-likeness (QED) is 0.450. The summed E-state index contributed by atoms with van der Waals surface area (Å²) in [6.45, 7) is -1.68. The molecule has 0 saturated heterocycles. The fourth-order valence-electron chi connectivity index (χ4n) is 1.90. The maximum absolute atomic E-state index is 11.4. The van der Waals surface area contributed by atoms with Crippen LogP contribution in [0.4, 0.5) is 5.69 Å². The summed E-state index contributed by atoms with van der Waals surface area (Å²) in [6.07, 6.45) is 0. The van der Waals surface area contributed by atoms with Gasteiger partial charge < -0.3 is 15.3 Å². The summed E-state index contributed by atoms with van der Waals surface area (Å²) < 4.78 is 0. The van der Waals surface area contributed by atoms with Crippen molar-refractivity contribution in [2.45, 2.75) is 6.04 Å². The molecule has 0 fully saturated rings. The summed E-state index contributed by atoms with van der Waals surface area (Å²) in [6, 6.07) is 2.97. The van der Waals surface area contributed by atoms with Crippen LogP contribution in [0.1, 0.15) is 11.6 Å². The van der Waals surface area contributed by atoms with Gasteiger partial charge in [-0.2, -0.15) is 0 Å². The molecule has 0 amide bonds. The smallest absolute Gasteiger partial charge is 0.325 e. The van der Waals surface area contributed by atoms with Gasteiger partial charge in [-0.15, -0.1) is 0 Å². The van der Waals surface area contributed by atoms with E-state index in [4.69, 9.17) is 10.2 Å². The van der Waals surface area contributed by atoms with E-state index in [9.17, 15) is 29.6 Å². The minimum Gasteiger partial charge on any atom is -0.480 e. The lowest BCUT2D eigenvalue weighted by Crippen LogP contribution is -2.41. The number of rotatable bonds is 8. The maximum Gasteiger partial charge on any atom is 0.325 e. The molecule has 0 saturated carbocycles. The second kappa shape index (κ2) is 7.13. The Labute approximate surface area is 123 Å². The molecule has 22 heavy (non-hydrogen) atoms. The van der Waals surface area contributed by atoms with Crippen molar-refractivity contribution >= 4 is 23.6 Å². The molecule has 0 aliphatic rings. The van der Waals surface area contributed by atoms with Crippen molar-refractivity contribution in [3.05, 3.63) is 39.9 Å². The minimum atomic E-state index is -1.63. The van der Waals surface area contributed by atoms with E-state index in [0.717, 1.165) is 12.1 Å². The zero-order valence-electron chi connectivity index (χ0n) is 11.1. The Morgan fingerprint density at radius 2 is 1.68 bits per heavy atom. The molecule has 0 unspecified atom stereocenters. The first-order valence-electron chi connectivity index (χ1n) is 5.87. The van der Waals surface area contributed by atoms with Crippen molar-refractivity contribution in [1.82, 2.24) is 4.90 Å². The summed E-state index contributed by atoms with van der Waals surface area (Å²) in [7, 11) is 0. The molecule has 1 aromatic carbocycles. The van der Waals surface area contributed by atoms with Crippen LogP contribution < -0.4 is 0 Å². The number of nitro benzene ring substituents is 1. The monoisotopic (exact) mass is 312 g/mol. The largest absolute Gasteiger partial charge is 0.480 e. The Morgan fingerprint density at radius 1 is 1.14 bits per heavy atom. The molecule has 0 spiro atoms. The number of aliphatic carboxylic acids is 3. The summed E-state index contributed by atoms with van der Waals surface area (Å²) in [5, 5.41) is 37.5. The second-order valence-corrected chi connectivity index (χ2v) is 4.29. The number of nitrogens with zero attached hydrogens (tertiary/aromatic N) is 2. The van der Waals surface area contributed by atoms with E-state index in [-0.39, 0.29) is 11.3 Å². The van der Waals surface area contributed by atoms with Gasteiger partial charge in [-0.1, -0.05) is 12.1 Å². The van der Waals surface area contributed by atoms with Crippen molar-refractivity contribution in [3.8, 4) is 0 Å². The summed E-state index contributed by atoms with van der Waals surface area (Å²) in [4.78, 5) is 43.6. The van der Waals surface area contributed by atoms with Gasteiger partial charge in [-0.25, -0.2) is 0 Å². The summed E-state index contributed by atoms with van der Waals surface area (Å²) in [5.41, 5.74) is -0.460. The lowest BCUT2D eigenvalue weighted by atomic mass is 10.0.